The zero-order chi connectivity index (χ0) is 20.3. The van der Waals surface area contributed by atoms with E-state index in [2.05, 4.69) is 41.7 Å². The van der Waals surface area contributed by atoms with Gasteiger partial charge in [-0.2, -0.15) is 0 Å². The zero-order valence-electron chi connectivity index (χ0n) is 18.0. The molecule has 0 amide bonds. The van der Waals surface area contributed by atoms with E-state index in [0.717, 1.165) is 47.2 Å². The van der Waals surface area contributed by atoms with Crippen LogP contribution in [0.5, 0.6) is 11.5 Å². The first-order valence-electron chi connectivity index (χ1n) is 11.6. The maximum atomic E-state index is 5.52. The average Bonchev–Trinajstić information content (AvgIpc) is 3.31. The van der Waals surface area contributed by atoms with Gasteiger partial charge in [0.05, 0.1) is 0 Å². The second-order valence-corrected chi connectivity index (χ2v) is 10.5. The molecule has 1 aliphatic heterocycles. The van der Waals surface area contributed by atoms with Gasteiger partial charge in [0, 0.05) is 12.0 Å². The minimum absolute atomic E-state index is 0.265. The molecule has 5 heteroatoms. The summed E-state index contributed by atoms with van der Waals surface area (Å²) in [5.41, 5.74) is 1.36. The Balaban J connectivity index is 1.34. The normalized spacial score (nSPS) is 31.4. The topological polar surface area (TPSA) is 49.2 Å². The van der Waals surface area contributed by atoms with Gasteiger partial charge in [0.1, 0.15) is 5.82 Å². The van der Waals surface area contributed by atoms with Crippen molar-refractivity contribution >= 4 is 12.2 Å². The SMILES string of the molecule is CC(C)Cn1c(/C=C/c2ccc3c(c2)OCO3)nnc1C12CC3CC(CC(C3)C1)C2. The molecule has 2 aromatic rings. The highest BCUT2D eigenvalue weighted by molar-refractivity contribution is 5.68. The summed E-state index contributed by atoms with van der Waals surface area (Å²) in [4.78, 5) is 0. The molecule has 0 atom stereocenters. The van der Waals surface area contributed by atoms with E-state index in [1.807, 2.05) is 12.1 Å². The molecule has 4 saturated carbocycles. The molecule has 5 aliphatic rings. The van der Waals surface area contributed by atoms with E-state index in [-0.39, 0.29) is 5.41 Å². The summed E-state index contributed by atoms with van der Waals surface area (Å²) >= 11 is 0. The highest BCUT2D eigenvalue weighted by Crippen LogP contribution is 2.60. The van der Waals surface area contributed by atoms with E-state index in [0.29, 0.717) is 12.7 Å². The smallest absolute Gasteiger partial charge is 0.231 e. The van der Waals surface area contributed by atoms with Crippen LogP contribution in [0, 0.1) is 23.7 Å². The fourth-order valence-corrected chi connectivity index (χ4v) is 6.95. The Bertz CT molecular complexity index is 955. The second kappa shape index (κ2) is 6.86. The first-order chi connectivity index (χ1) is 14.6. The predicted octanol–water partition coefficient (Wildman–Crippen LogP) is 5.30. The number of hydrogen-bond acceptors (Lipinski definition) is 4. The predicted molar refractivity (Wildman–Crippen MR) is 116 cm³/mol. The number of benzene rings is 1. The van der Waals surface area contributed by atoms with Gasteiger partial charge in [-0.3, -0.25) is 0 Å². The monoisotopic (exact) mass is 405 g/mol. The van der Waals surface area contributed by atoms with Crippen molar-refractivity contribution in [1.82, 2.24) is 14.8 Å². The van der Waals surface area contributed by atoms with Crippen molar-refractivity contribution in [3.8, 4) is 11.5 Å². The Morgan fingerprint density at radius 1 is 1.00 bits per heavy atom. The van der Waals surface area contributed by atoms with Crippen LogP contribution in [0.2, 0.25) is 0 Å². The number of rotatable bonds is 5. The van der Waals surface area contributed by atoms with Crippen molar-refractivity contribution < 1.29 is 9.47 Å². The molecular formula is C25H31N3O2. The van der Waals surface area contributed by atoms with E-state index < -0.39 is 0 Å². The maximum absolute atomic E-state index is 5.52. The van der Waals surface area contributed by atoms with Gasteiger partial charge < -0.3 is 14.0 Å². The largest absolute Gasteiger partial charge is 0.454 e. The molecule has 0 saturated heterocycles. The molecule has 7 rings (SSSR count). The van der Waals surface area contributed by atoms with E-state index in [1.54, 1.807) is 0 Å². The lowest BCUT2D eigenvalue weighted by Crippen LogP contribution is -2.49. The molecule has 0 N–H and O–H groups in total. The third-order valence-corrected chi connectivity index (χ3v) is 7.66. The van der Waals surface area contributed by atoms with Crippen LogP contribution in [0.4, 0.5) is 0 Å². The van der Waals surface area contributed by atoms with E-state index in [1.165, 1.54) is 44.3 Å². The fourth-order valence-electron chi connectivity index (χ4n) is 6.95. The van der Waals surface area contributed by atoms with Crippen LogP contribution in [-0.2, 0) is 12.0 Å². The quantitative estimate of drug-likeness (QED) is 0.677. The Labute approximate surface area is 178 Å². The highest BCUT2D eigenvalue weighted by Gasteiger charge is 2.53. The van der Waals surface area contributed by atoms with Crippen molar-refractivity contribution in [2.75, 3.05) is 6.79 Å². The number of nitrogens with zero attached hydrogens (tertiary/aromatic N) is 3. The molecule has 0 radical (unpaired) electrons. The average molecular weight is 406 g/mol. The van der Waals surface area contributed by atoms with Gasteiger partial charge in [-0.15, -0.1) is 10.2 Å². The van der Waals surface area contributed by atoms with E-state index in [9.17, 15) is 0 Å². The zero-order valence-corrected chi connectivity index (χ0v) is 18.0. The molecule has 1 aromatic carbocycles. The molecule has 0 unspecified atom stereocenters. The molecule has 1 aromatic heterocycles. The summed E-state index contributed by atoms with van der Waals surface area (Å²) in [6.45, 7) is 5.86. The van der Waals surface area contributed by atoms with Gasteiger partial charge in [0.15, 0.2) is 17.3 Å². The maximum Gasteiger partial charge on any atom is 0.231 e. The molecular weight excluding hydrogens is 374 g/mol. The van der Waals surface area contributed by atoms with Crippen LogP contribution in [0.3, 0.4) is 0 Å². The van der Waals surface area contributed by atoms with Crippen molar-refractivity contribution in [2.45, 2.75) is 64.3 Å². The Hall–Kier alpha value is -2.30. The van der Waals surface area contributed by atoms with Gasteiger partial charge in [0.25, 0.3) is 0 Å². The summed E-state index contributed by atoms with van der Waals surface area (Å²) in [5, 5.41) is 9.53. The lowest BCUT2D eigenvalue weighted by atomic mass is 9.49. The van der Waals surface area contributed by atoms with Crippen LogP contribution in [0.15, 0.2) is 18.2 Å². The van der Waals surface area contributed by atoms with Gasteiger partial charge in [-0.05, 0) is 86.0 Å². The van der Waals surface area contributed by atoms with Crippen molar-refractivity contribution in [2.24, 2.45) is 23.7 Å². The van der Waals surface area contributed by atoms with Gasteiger partial charge in [-0.1, -0.05) is 26.0 Å². The standard InChI is InChI=1S/C25H31N3O2/c1-16(2)14-28-23(6-4-17-3-5-21-22(10-17)30-15-29-21)26-27-24(28)25-11-18-7-19(12-25)9-20(8-18)13-25/h3-6,10,16,18-20H,7-9,11-15H2,1-2H3/b6-4+. The minimum Gasteiger partial charge on any atom is -0.454 e. The highest BCUT2D eigenvalue weighted by atomic mass is 16.7. The number of ether oxygens (including phenoxy) is 2. The molecule has 4 fully saturated rings. The van der Waals surface area contributed by atoms with Crippen molar-refractivity contribution in [3.05, 3.63) is 35.4 Å². The Kier molecular flexibility index (Phi) is 4.22. The van der Waals surface area contributed by atoms with Crippen LogP contribution >= 0.6 is 0 Å². The van der Waals surface area contributed by atoms with Gasteiger partial charge in [-0.25, -0.2) is 0 Å². The number of hydrogen-bond donors (Lipinski definition) is 0. The Morgan fingerprint density at radius 2 is 1.70 bits per heavy atom. The van der Waals surface area contributed by atoms with E-state index in [4.69, 9.17) is 14.6 Å². The summed E-state index contributed by atoms with van der Waals surface area (Å²) in [6, 6.07) is 6.07. The number of aromatic nitrogens is 3. The number of fused-ring (bicyclic) bond motifs is 1. The summed E-state index contributed by atoms with van der Waals surface area (Å²) < 4.78 is 13.4. The first-order valence-corrected chi connectivity index (χ1v) is 11.6. The second-order valence-electron chi connectivity index (χ2n) is 10.5. The van der Waals surface area contributed by atoms with E-state index >= 15 is 0 Å². The molecule has 158 valence electrons. The minimum atomic E-state index is 0.265. The molecule has 2 heterocycles. The first kappa shape index (κ1) is 18.5. The van der Waals surface area contributed by atoms with Crippen molar-refractivity contribution in [3.63, 3.8) is 0 Å². The summed E-state index contributed by atoms with van der Waals surface area (Å²) in [7, 11) is 0. The third-order valence-electron chi connectivity index (χ3n) is 7.66. The summed E-state index contributed by atoms with van der Waals surface area (Å²) in [6.07, 6.45) is 12.6. The molecule has 0 spiro atoms. The van der Waals surface area contributed by atoms with Crippen LogP contribution in [0.25, 0.3) is 12.2 Å². The lowest BCUT2D eigenvalue weighted by Gasteiger charge is -2.56. The third kappa shape index (κ3) is 3.05. The molecule has 4 bridgehead atoms. The van der Waals surface area contributed by atoms with Crippen molar-refractivity contribution in [1.29, 1.82) is 0 Å². The Morgan fingerprint density at radius 3 is 2.40 bits per heavy atom. The lowest BCUT2D eigenvalue weighted by molar-refractivity contribution is -0.0114. The van der Waals surface area contributed by atoms with Gasteiger partial charge in [0.2, 0.25) is 6.79 Å². The molecule has 5 nitrogen and oxygen atoms in total. The molecule has 30 heavy (non-hydrogen) atoms. The fraction of sp³-hybridized carbons (Fsp3) is 0.600. The summed E-state index contributed by atoms with van der Waals surface area (Å²) in [5.74, 6) is 7.17. The van der Waals surface area contributed by atoms with Gasteiger partial charge >= 0.3 is 0 Å². The van der Waals surface area contributed by atoms with Crippen LogP contribution < -0.4 is 9.47 Å². The van der Waals surface area contributed by atoms with Crippen LogP contribution in [-0.4, -0.2) is 21.6 Å². The molecule has 4 aliphatic carbocycles. The van der Waals surface area contributed by atoms with Crippen LogP contribution in [0.1, 0.15) is 69.6 Å².